The lowest BCUT2D eigenvalue weighted by Gasteiger charge is -2.21. The number of carbonyl (C=O) groups excluding carboxylic acids is 2. The first-order valence-electron chi connectivity index (χ1n) is 9.68. The van der Waals surface area contributed by atoms with Crippen molar-refractivity contribution in [2.45, 2.75) is 32.4 Å². The van der Waals surface area contributed by atoms with Crippen LogP contribution in [0.5, 0.6) is 5.75 Å². The number of hydrogen-bond donors (Lipinski definition) is 2. The molecule has 2 N–H and O–H groups in total. The fraction of sp³-hybridized carbons (Fsp3) is 0.429. The van der Waals surface area contributed by atoms with Crippen molar-refractivity contribution in [2.75, 3.05) is 26.2 Å². The van der Waals surface area contributed by atoms with E-state index >= 15 is 0 Å². The Kier molecular flexibility index (Phi) is 7.08. The molecule has 1 saturated heterocycles. The first kappa shape index (κ1) is 19.9. The Balaban J connectivity index is 1.49. The lowest BCUT2D eigenvalue weighted by atomic mass is 10.2. The summed E-state index contributed by atoms with van der Waals surface area (Å²) in [5.74, 6) is 1.09. The van der Waals surface area contributed by atoms with Crippen LogP contribution < -0.4 is 5.32 Å². The van der Waals surface area contributed by atoms with Crippen molar-refractivity contribution in [2.24, 2.45) is 0 Å². The summed E-state index contributed by atoms with van der Waals surface area (Å²) in [6.45, 7) is 3.14. The first-order valence-corrected chi connectivity index (χ1v) is 9.68. The van der Waals surface area contributed by atoms with Crippen LogP contribution in [-0.2, 0) is 22.7 Å². The van der Waals surface area contributed by atoms with Crippen LogP contribution in [0.4, 0.5) is 0 Å². The average molecular weight is 385 g/mol. The summed E-state index contributed by atoms with van der Waals surface area (Å²) in [6.07, 6.45) is 3.92. The number of para-hydroxylation sites is 1. The quantitative estimate of drug-likeness (QED) is 0.612. The van der Waals surface area contributed by atoms with Crippen LogP contribution in [0.2, 0.25) is 0 Å². The van der Waals surface area contributed by atoms with Crippen LogP contribution in [0.15, 0.2) is 47.1 Å². The third kappa shape index (κ3) is 5.85. The smallest absolute Gasteiger partial charge is 0.234 e. The van der Waals surface area contributed by atoms with Crippen molar-refractivity contribution < 1.29 is 19.1 Å². The van der Waals surface area contributed by atoms with Crippen molar-refractivity contribution in [3.63, 3.8) is 0 Å². The lowest BCUT2D eigenvalue weighted by molar-refractivity contribution is -0.127. The Morgan fingerprint density at radius 1 is 1.21 bits per heavy atom. The Labute approximate surface area is 164 Å². The van der Waals surface area contributed by atoms with Crippen LogP contribution >= 0.6 is 0 Å². The van der Waals surface area contributed by atoms with Gasteiger partial charge in [-0.05, 0) is 31.0 Å². The maximum absolute atomic E-state index is 12.4. The number of amides is 2. The molecule has 7 nitrogen and oxygen atoms in total. The van der Waals surface area contributed by atoms with E-state index in [1.54, 1.807) is 18.4 Å². The third-order valence-corrected chi connectivity index (χ3v) is 4.81. The van der Waals surface area contributed by atoms with Crippen LogP contribution in [-0.4, -0.2) is 52.9 Å². The van der Waals surface area contributed by atoms with Crippen molar-refractivity contribution >= 4 is 11.8 Å². The molecule has 0 radical (unpaired) electrons. The fourth-order valence-corrected chi connectivity index (χ4v) is 3.37. The molecule has 1 fully saturated rings. The van der Waals surface area contributed by atoms with Gasteiger partial charge in [-0.1, -0.05) is 18.2 Å². The maximum atomic E-state index is 12.4. The Morgan fingerprint density at radius 3 is 2.79 bits per heavy atom. The number of benzene rings is 1. The van der Waals surface area contributed by atoms with Gasteiger partial charge in [0.2, 0.25) is 11.8 Å². The summed E-state index contributed by atoms with van der Waals surface area (Å²) >= 11 is 0. The molecule has 0 spiro atoms. The van der Waals surface area contributed by atoms with Crippen molar-refractivity contribution in [3.8, 4) is 5.75 Å². The number of nitrogens with zero attached hydrogens (tertiary/aromatic N) is 2. The van der Waals surface area contributed by atoms with Gasteiger partial charge in [0.15, 0.2) is 0 Å². The largest absolute Gasteiger partial charge is 0.508 e. The number of furan rings is 1. The van der Waals surface area contributed by atoms with Crippen LogP contribution in [0.25, 0.3) is 0 Å². The van der Waals surface area contributed by atoms with E-state index < -0.39 is 0 Å². The molecule has 28 heavy (non-hydrogen) atoms. The summed E-state index contributed by atoms with van der Waals surface area (Å²) in [4.78, 5) is 27.8. The zero-order valence-electron chi connectivity index (χ0n) is 16.0. The predicted octanol–water partition coefficient (Wildman–Crippen LogP) is 2.12. The van der Waals surface area contributed by atoms with E-state index in [0.717, 1.165) is 30.7 Å². The molecular weight excluding hydrogens is 358 g/mol. The van der Waals surface area contributed by atoms with E-state index in [1.165, 1.54) is 0 Å². The number of phenolic OH excluding ortho intramolecular Hbond substituents is 1. The molecule has 1 aromatic carbocycles. The molecule has 3 rings (SSSR count). The monoisotopic (exact) mass is 385 g/mol. The van der Waals surface area contributed by atoms with Gasteiger partial charge in [-0.25, -0.2) is 0 Å². The molecule has 0 aliphatic carbocycles. The maximum Gasteiger partial charge on any atom is 0.234 e. The molecule has 2 amide bonds. The Morgan fingerprint density at radius 2 is 2.07 bits per heavy atom. The van der Waals surface area contributed by atoms with Gasteiger partial charge in [0.1, 0.15) is 11.5 Å². The minimum atomic E-state index is -0.0882. The molecule has 0 unspecified atom stereocenters. The summed E-state index contributed by atoms with van der Waals surface area (Å²) in [6, 6.07) is 10.8. The van der Waals surface area contributed by atoms with Crippen molar-refractivity contribution in [1.29, 1.82) is 0 Å². The number of nitrogens with one attached hydrogen (secondary N) is 1. The van der Waals surface area contributed by atoms with Gasteiger partial charge < -0.3 is 19.7 Å². The van der Waals surface area contributed by atoms with E-state index in [1.807, 2.05) is 34.1 Å². The molecule has 7 heteroatoms. The minimum Gasteiger partial charge on any atom is -0.508 e. The highest BCUT2D eigenvalue weighted by atomic mass is 16.3. The van der Waals surface area contributed by atoms with Crippen molar-refractivity contribution in [1.82, 2.24) is 15.1 Å². The zero-order chi connectivity index (χ0) is 19.8. The van der Waals surface area contributed by atoms with E-state index in [-0.39, 0.29) is 24.1 Å². The zero-order valence-corrected chi connectivity index (χ0v) is 16.0. The highest BCUT2D eigenvalue weighted by molar-refractivity contribution is 5.78. The number of hydrogen-bond acceptors (Lipinski definition) is 5. The van der Waals surface area contributed by atoms with Gasteiger partial charge in [-0.3, -0.25) is 14.5 Å². The van der Waals surface area contributed by atoms with Gasteiger partial charge in [-0.2, -0.15) is 0 Å². The third-order valence-electron chi connectivity index (χ3n) is 4.81. The Hall–Kier alpha value is -2.80. The van der Waals surface area contributed by atoms with Crippen LogP contribution in [0.3, 0.4) is 0 Å². The van der Waals surface area contributed by atoms with Crippen molar-refractivity contribution in [3.05, 3.63) is 54.0 Å². The molecule has 1 aliphatic rings. The molecule has 1 aromatic heterocycles. The van der Waals surface area contributed by atoms with Crippen LogP contribution in [0.1, 0.15) is 30.6 Å². The molecule has 0 atom stereocenters. The molecule has 2 heterocycles. The number of rotatable bonds is 10. The van der Waals surface area contributed by atoms with E-state index in [9.17, 15) is 14.7 Å². The molecule has 2 aromatic rings. The second kappa shape index (κ2) is 9.94. The average Bonchev–Trinajstić information content (AvgIpc) is 3.32. The minimum absolute atomic E-state index is 0.0882. The second-order valence-electron chi connectivity index (χ2n) is 7.04. The van der Waals surface area contributed by atoms with Gasteiger partial charge in [0.05, 0.1) is 19.4 Å². The highest BCUT2D eigenvalue weighted by Gasteiger charge is 2.19. The highest BCUT2D eigenvalue weighted by Crippen LogP contribution is 2.19. The molecular formula is C21H27N3O4. The summed E-state index contributed by atoms with van der Waals surface area (Å²) in [5.41, 5.74) is 0.759. The molecule has 0 bridgehead atoms. The molecule has 150 valence electrons. The van der Waals surface area contributed by atoms with Gasteiger partial charge in [0.25, 0.3) is 0 Å². The number of carbonyl (C=O) groups is 2. The number of phenols is 1. The predicted molar refractivity (Wildman–Crippen MR) is 104 cm³/mol. The Bertz CT molecular complexity index is 776. The summed E-state index contributed by atoms with van der Waals surface area (Å²) in [7, 11) is 0. The molecule has 0 saturated carbocycles. The lowest BCUT2D eigenvalue weighted by Crippen LogP contribution is -2.38. The van der Waals surface area contributed by atoms with Gasteiger partial charge in [0, 0.05) is 38.2 Å². The summed E-state index contributed by atoms with van der Waals surface area (Å²) < 4.78 is 5.41. The normalized spacial score (nSPS) is 14.0. The SMILES string of the molecule is O=C(CN(Cc1ccco1)Cc1ccccc1O)NCCCN1CCCC1=O. The van der Waals surface area contributed by atoms with Gasteiger partial charge >= 0.3 is 0 Å². The van der Waals surface area contributed by atoms with Gasteiger partial charge in [-0.15, -0.1) is 0 Å². The summed E-state index contributed by atoms with van der Waals surface area (Å²) in [5, 5.41) is 13.0. The standard InChI is InChI=1S/C21H27N3O4/c25-19-8-2-1-6-17(19)14-23(15-18-7-4-13-28-18)16-20(26)22-10-5-12-24-11-3-9-21(24)27/h1-2,4,6-8,13,25H,3,5,9-12,14-16H2,(H,22,26). The second-order valence-corrected chi connectivity index (χ2v) is 7.04. The first-order chi connectivity index (χ1) is 13.6. The van der Waals surface area contributed by atoms with E-state index in [0.29, 0.717) is 32.6 Å². The number of likely N-dealkylation sites (tertiary alicyclic amines) is 1. The molecule has 1 aliphatic heterocycles. The number of aromatic hydroxyl groups is 1. The fourth-order valence-electron chi connectivity index (χ4n) is 3.37. The van der Waals surface area contributed by atoms with Crippen LogP contribution in [0, 0.1) is 0 Å². The van der Waals surface area contributed by atoms with E-state index in [2.05, 4.69) is 5.32 Å². The topological polar surface area (TPSA) is 86.0 Å². The van der Waals surface area contributed by atoms with E-state index in [4.69, 9.17) is 4.42 Å².